The van der Waals surface area contributed by atoms with E-state index in [4.69, 9.17) is 27.9 Å². The smallest absolute Gasteiger partial charge is 0.203 e. The van der Waals surface area contributed by atoms with Crippen molar-refractivity contribution in [1.82, 2.24) is 4.98 Å². The van der Waals surface area contributed by atoms with Gasteiger partial charge in [0.2, 0.25) is 5.13 Å². The second-order valence-corrected chi connectivity index (χ2v) is 6.84. The van der Waals surface area contributed by atoms with E-state index in [-0.39, 0.29) is 0 Å². The molecule has 0 radical (unpaired) electrons. The third kappa shape index (κ3) is 5.13. The summed E-state index contributed by atoms with van der Waals surface area (Å²) < 4.78 is 5.17. The van der Waals surface area contributed by atoms with E-state index in [1.165, 1.54) is 11.3 Å². The van der Waals surface area contributed by atoms with Crippen LogP contribution in [0.1, 0.15) is 5.56 Å². The number of nitrogens with zero attached hydrogens (tertiary/aromatic N) is 3. The van der Waals surface area contributed by atoms with Crippen LogP contribution in [0.25, 0.3) is 11.3 Å². The predicted molar refractivity (Wildman–Crippen MR) is 116 cm³/mol. The molecule has 8 heteroatoms. The molecule has 0 amide bonds. The lowest BCUT2D eigenvalue weighted by Gasteiger charge is -2.18. The summed E-state index contributed by atoms with van der Waals surface area (Å²) in [6.45, 7) is 0. The summed E-state index contributed by atoms with van der Waals surface area (Å²) in [5.41, 5.74) is 6.82. The fraction of sp³-hybridized carbons (Fsp3) is 0.158. The molecule has 0 aliphatic carbocycles. The Balaban J connectivity index is 1.60. The number of hydrogen-bond donors (Lipinski definition) is 1. The van der Waals surface area contributed by atoms with Crippen molar-refractivity contribution in [3.63, 3.8) is 0 Å². The van der Waals surface area contributed by atoms with E-state index < -0.39 is 0 Å². The molecule has 1 aromatic heterocycles. The molecule has 0 spiro atoms. The summed E-state index contributed by atoms with van der Waals surface area (Å²) in [5.74, 6) is 0.822. The summed E-state index contributed by atoms with van der Waals surface area (Å²) in [5, 5.41) is 6.96. The van der Waals surface area contributed by atoms with Crippen LogP contribution in [0.3, 0.4) is 0 Å². The van der Waals surface area contributed by atoms with Crippen molar-refractivity contribution in [1.29, 1.82) is 0 Å². The summed E-state index contributed by atoms with van der Waals surface area (Å²) >= 11 is 13.2. The van der Waals surface area contributed by atoms with E-state index in [1.54, 1.807) is 13.3 Å². The van der Waals surface area contributed by atoms with Crippen LogP contribution in [0.5, 0.6) is 5.75 Å². The van der Waals surface area contributed by atoms with Gasteiger partial charge in [0.25, 0.3) is 0 Å². The number of thiazole rings is 1. The Kier molecular flexibility index (Phi) is 6.92. The van der Waals surface area contributed by atoms with Crippen LogP contribution < -0.4 is 15.1 Å². The minimum atomic E-state index is 0.346. The van der Waals surface area contributed by atoms with Gasteiger partial charge in [0.05, 0.1) is 31.0 Å². The standard InChI is InChI=1S/C19H18Cl2N4OS/c1-26-17-8-4-15(5-9-17)18-11-27-19(23-18)24-22-10-14-2-6-16(7-3-14)25(12-20)13-21/h2-11H,12-13H2,1H3,(H,23,24)/b22-10+. The second kappa shape index (κ2) is 9.60. The molecular weight excluding hydrogens is 403 g/mol. The largest absolute Gasteiger partial charge is 0.497 e. The molecule has 0 aliphatic heterocycles. The van der Waals surface area contributed by atoms with Crippen molar-refractivity contribution in [3.8, 4) is 17.0 Å². The van der Waals surface area contributed by atoms with Gasteiger partial charge in [0.15, 0.2) is 0 Å². The molecule has 0 unspecified atom stereocenters. The van der Waals surface area contributed by atoms with Crippen LogP contribution in [0.2, 0.25) is 0 Å². The molecule has 2 aromatic carbocycles. The van der Waals surface area contributed by atoms with Crippen molar-refractivity contribution in [3.05, 3.63) is 59.5 Å². The minimum Gasteiger partial charge on any atom is -0.497 e. The van der Waals surface area contributed by atoms with Gasteiger partial charge < -0.3 is 9.64 Å². The lowest BCUT2D eigenvalue weighted by molar-refractivity contribution is 0.415. The van der Waals surface area contributed by atoms with Gasteiger partial charge in [-0.25, -0.2) is 4.98 Å². The maximum absolute atomic E-state index is 5.85. The number of anilines is 2. The lowest BCUT2D eigenvalue weighted by Crippen LogP contribution is -2.18. The summed E-state index contributed by atoms with van der Waals surface area (Å²) in [7, 11) is 1.65. The van der Waals surface area contributed by atoms with Crippen molar-refractivity contribution >= 4 is 51.6 Å². The van der Waals surface area contributed by atoms with Gasteiger partial charge in [-0.2, -0.15) is 5.10 Å². The number of nitrogens with one attached hydrogen (secondary N) is 1. The first-order valence-electron chi connectivity index (χ1n) is 8.09. The van der Waals surface area contributed by atoms with Gasteiger partial charge in [0, 0.05) is 16.6 Å². The van der Waals surface area contributed by atoms with Crippen molar-refractivity contribution in [2.24, 2.45) is 5.10 Å². The number of hydrogen-bond acceptors (Lipinski definition) is 6. The number of alkyl halides is 2. The maximum Gasteiger partial charge on any atom is 0.203 e. The van der Waals surface area contributed by atoms with Gasteiger partial charge in [-0.05, 0) is 42.0 Å². The molecule has 5 nitrogen and oxygen atoms in total. The van der Waals surface area contributed by atoms with Crippen LogP contribution in [0.4, 0.5) is 10.8 Å². The summed E-state index contributed by atoms with van der Waals surface area (Å²) in [4.78, 5) is 6.39. The highest BCUT2D eigenvalue weighted by atomic mass is 35.5. The number of aromatic nitrogens is 1. The number of rotatable bonds is 8. The zero-order chi connectivity index (χ0) is 19.1. The summed E-state index contributed by atoms with van der Waals surface area (Å²) in [6, 6.07) is 16.3. The molecule has 1 N–H and O–H groups in total. The normalized spacial score (nSPS) is 10.9. The highest BCUT2D eigenvalue weighted by Gasteiger charge is 2.05. The molecule has 0 saturated carbocycles. The molecule has 0 aliphatic rings. The van der Waals surface area contributed by atoms with Gasteiger partial charge in [0.1, 0.15) is 5.75 Å². The summed E-state index contributed by atoms with van der Waals surface area (Å²) in [6.07, 6.45) is 1.74. The maximum atomic E-state index is 5.85. The average molecular weight is 421 g/mol. The molecular formula is C19H18Cl2N4OS. The molecule has 27 heavy (non-hydrogen) atoms. The number of ether oxygens (including phenoxy) is 1. The Morgan fingerprint density at radius 1 is 1.11 bits per heavy atom. The lowest BCUT2D eigenvalue weighted by atomic mass is 10.2. The van der Waals surface area contributed by atoms with E-state index in [9.17, 15) is 0 Å². The van der Waals surface area contributed by atoms with E-state index in [0.717, 1.165) is 33.4 Å². The third-order valence-corrected chi connectivity index (χ3v) is 5.13. The van der Waals surface area contributed by atoms with E-state index in [1.807, 2.05) is 58.8 Å². The Bertz CT molecular complexity index is 877. The average Bonchev–Trinajstić information content (AvgIpc) is 3.19. The van der Waals surface area contributed by atoms with Gasteiger partial charge in [-0.1, -0.05) is 12.1 Å². The van der Waals surface area contributed by atoms with Crippen LogP contribution in [0, 0.1) is 0 Å². The Labute approximate surface area is 172 Å². The first-order valence-corrected chi connectivity index (χ1v) is 10.0. The van der Waals surface area contributed by atoms with Crippen LogP contribution >= 0.6 is 34.5 Å². The van der Waals surface area contributed by atoms with E-state index >= 15 is 0 Å². The van der Waals surface area contributed by atoms with Crippen LogP contribution in [-0.4, -0.2) is 30.3 Å². The molecule has 3 rings (SSSR count). The van der Waals surface area contributed by atoms with Crippen LogP contribution in [-0.2, 0) is 0 Å². The number of benzene rings is 2. The Morgan fingerprint density at radius 2 is 1.81 bits per heavy atom. The Hall–Kier alpha value is -2.28. The number of methoxy groups -OCH3 is 1. The van der Waals surface area contributed by atoms with Gasteiger partial charge in [-0.3, -0.25) is 5.43 Å². The topological polar surface area (TPSA) is 49.8 Å². The number of hydrazone groups is 1. The zero-order valence-electron chi connectivity index (χ0n) is 14.6. The number of halogens is 2. The van der Waals surface area contributed by atoms with Gasteiger partial charge >= 0.3 is 0 Å². The van der Waals surface area contributed by atoms with E-state index in [0.29, 0.717) is 12.0 Å². The molecule has 0 atom stereocenters. The third-order valence-electron chi connectivity index (χ3n) is 3.81. The predicted octanol–water partition coefficient (Wildman–Crippen LogP) is 5.46. The quantitative estimate of drug-likeness (QED) is 0.227. The molecule has 3 aromatic rings. The monoisotopic (exact) mass is 420 g/mol. The van der Waals surface area contributed by atoms with Crippen molar-refractivity contribution in [2.45, 2.75) is 0 Å². The first kappa shape index (κ1) is 19.5. The van der Waals surface area contributed by atoms with Crippen molar-refractivity contribution in [2.75, 3.05) is 29.4 Å². The van der Waals surface area contributed by atoms with E-state index in [2.05, 4.69) is 15.5 Å². The van der Waals surface area contributed by atoms with Gasteiger partial charge in [-0.15, -0.1) is 34.5 Å². The van der Waals surface area contributed by atoms with Crippen molar-refractivity contribution < 1.29 is 4.74 Å². The molecule has 1 heterocycles. The molecule has 0 bridgehead atoms. The Morgan fingerprint density at radius 3 is 2.44 bits per heavy atom. The molecule has 140 valence electrons. The van der Waals surface area contributed by atoms with Crippen LogP contribution in [0.15, 0.2) is 59.0 Å². The highest BCUT2D eigenvalue weighted by Crippen LogP contribution is 2.26. The first-order chi connectivity index (χ1) is 13.2. The molecule has 0 fully saturated rings. The fourth-order valence-corrected chi connectivity index (χ4v) is 3.52. The zero-order valence-corrected chi connectivity index (χ0v) is 16.9. The molecule has 0 saturated heterocycles. The fourth-order valence-electron chi connectivity index (χ4n) is 2.32. The minimum absolute atomic E-state index is 0.346. The second-order valence-electron chi connectivity index (χ2n) is 5.51. The SMILES string of the molecule is COc1ccc(-c2csc(N/N=C/c3ccc(N(CCl)CCl)cc3)n2)cc1. The highest BCUT2D eigenvalue weighted by molar-refractivity contribution is 7.14.